The standard InChI is InChI=1S/C21H17FNO.ClH/c22-20-10-8-19(9-11-20)21(24)12-14-23-13-4-7-18(16-23)15-17-5-2-1-3-6-17;/h1-14,16H,15H2;1H/q+1;/p-1. The zero-order valence-corrected chi connectivity index (χ0v) is 14.2. The van der Waals surface area contributed by atoms with Gasteiger partial charge in [0.2, 0.25) is 0 Å². The SMILES string of the molecule is O=C(C=C[n+]1cccc(Cc2ccccc2)c1)c1ccc(F)cc1.[Cl-]. The van der Waals surface area contributed by atoms with Gasteiger partial charge in [-0.05, 0) is 35.9 Å². The lowest BCUT2D eigenvalue weighted by Crippen LogP contribution is -3.00. The lowest BCUT2D eigenvalue weighted by Gasteiger charge is -1.99. The van der Waals surface area contributed by atoms with E-state index < -0.39 is 0 Å². The van der Waals surface area contributed by atoms with Crippen molar-refractivity contribution in [3.63, 3.8) is 0 Å². The molecule has 3 rings (SSSR count). The average Bonchev–Trinajstić information content (AvgIpc) is 2.61. The molecule has 0 atom stereocenters. The second-order valence-electron chi connectivity index (χ2n) is 5.51. The Morgan fingerprint density at radius 2 is 1.60 bits per heavy atom. The molecule has 0 saturated heterocycles. The number of benzene rings is 2. The van der Waals surface area contributed by atoms with Gasteiger partial charge in [-0.2, -0.15) is 4.57 Å². The maximum absolute atomic E-state index is 12.9. The van der Waals surface area contributed by atoms with E-state index in [-0.39, 0.29) is 24.0 Å². The van der Waals surface area contributed by atoms with Gasteiger partial charge >= 0.3 is 0 Å². The Morgan fingerprint density at radius 3 is 2.32 bits per heavy atom. The van der Waals surface area contributed by atoms with Crippen LogP contribution in [-0.2, 0) is 6.42 Å². The molecule has 0 aliphatic heterocycles. The number of ketones is 1. The third kappa shape index (κ3) is 5.37. The lowest BCUT2D eigenvalue weighted by atomic mass is 10.1. The van der Waals surface area contributed by atoms with Crippen molar-refractivity contribution in [2.24, 2.45) is 0 Å². The van der Waals surface area contributed by atoms with Crippen LogP contribution in [0.4, 0.5) is 4.39 Å². The molecular weight excluding hydrogens is 337 g/mol. The van der Waals surface area contributed by atoms with E-state index in [1.807, 2.05) is 41.2 Å². The highest BCUT2D eigenvalue weighted by atomic mass is 35.5. The van der Waals surface area contributed by atoms with E-state index in [1.54, 1.807) is 6.20 Å². The minimum Gasteiger partial charge on any atom is -1.00 e. The zero-order chi connectivity index (χ0) is 16.8. The highest BCUT2D eigenvalue weighted by Crippen LogP contribution is 2.07. The Bertz CT molecular complexity index is 861. The molecule has 25 heavy (non-hydrogen) atoms. The molecule has 0 aliphatic rings. The Balaban J connectivity index is 0.00000225. The summed E-state index contributed by atoms with van der Waals surface area (Å²) in [4.78, 5) is 12.1. The Morgan fingerprint density at radius 1 is 0.920 bits per heavy atom. The van der Waals surface area contributed by atoms with Crippen LogP contribution in [0.25, 0.3) is 6.20 Å². The van der Waals surface area contributed by atoms with Crippen molar-refractivity contribution in [3.05, 3.63) is 108 Å². The fourth-order valence-electron chi connectivity index (χ4n) is 2.44. The number of aromatic nitrogens is 1. The van der Waals surface area contributed by atoms with Gasteiger partial charge in [-0.3, -0.25) is 4.79 Å². The van der Waals surface area contributed by atoms with E-state index >= 15 is 0 Å². The van der Waals surface area contributed by atoms with E-state index in [4.69, 9.17) is 0 Å². The van der Waals surface area contributed by atoms with Gasteiger partial charge in [0.1, 0.15) is 5.82 Å². The molecule has 0 spiro atoms. The third-order valence-corrected chi connectivity index (χ3v) is 3.66. The van der Waals surface area contributed by atoms with Crippen molar-refractivity contribution in [2.75, 3.05) is 0 Å². The average molecular weight is 354 g/mol. The van der Waals surface area contributed by atoms with Gasteiger partial charge < -0.3 is 12.4 Å². The smallest absolute Gasteiger partial charge is 0.191 e. The van der Waals surface area contributed by atoms with Gasteiger partial charge in [-0.25, -0.2) is 4.39 Å². The molecule has 0 unspecified atom stereocenters. The van der Waals surface area contributed by atoms with Crippen LogP contribution in [0.15, 0.2) is 85.2 Å². The number of rotatable bonds is 5. The van der Waals surface area contributed by atoms with Gasteiger partial charge in [0.05, 0.1) is 6.08 Å². The number of carbonyl (C=O) groups is 1. The van der Waals surface area contributed by atoms with Gasteiger partial charge in [-0.1, -0.05) is 30.3 Å². The van der Waals surface area contributed by atoms with Gasteiger partial charge in [-0.15, -0.1) is 0 Å². The fourth-order valence-corrected chi connectivity index (χ4v) is 2.44. The maximum atomic E-state index is 12.9. The highest BCUT2D eigenvalue weighted by molar-refractivity contribution is 6.05. The van der Waals surface area contributed by atoms with Crippen molar-refractivity contribution >= 4 is 12.0 Å². The van der Waals surface area contributed by atoms with Crippen molar-refractivity contribution < 1.29 is 26.2 Å². The van der Waals surface area contributed by atoms with Crippen LogP contribution in [0.3, 0.4) is 0 Å². The number of halogens is 2. The first-order valence-electron chi connectivity index (χ1n) is 7.72. The Labute approximate surface area is 152 Å². The summed E-state index contributed by atoms with van der Waals surface area (Å²) in [7, 11) is 0. The molecule has 126 valence electrons. The van der Waals surface area contributed by atoms with E-state index in [0.29, 0.717) is 5.56 Å². The topological polar surface area (TPSA) is 20.9 Å². The summed E-state index contributed by atoms with van der Waals surface area (Å²) in [6, 6.07) is 19.8. The van der Waals surface area contributed by atoms with E-state index in [2.05, 4.69) is 18.2 Å². The number of hydrogen-bond donors (Lipinski definition) is 0. The van der Waals surface area contributed by atoms with Crippen molar-refractivity contribution in [1.82, 2.24) is 0 Å². The predicted molar refractivity (Wildman–Crippen MR) is 91.9 cm³/mol. The van der Waals surface area contributed by atoms with Crippen LogP contribution in [0.1, 0.15) is 21.5 Å². The van der Waals surface area contributed by atoms with Crippen LogP contribution in [0.2, 0.25) is 0 Å². The molecule has 4 heteroatoms. The molecule has 0 N–H and O–H groups in total. The number of allylic oxidation sites excluding steroid dienone is 1. The minimum absolute atomic E-state index is 0. The van der Waals surface area contributed by atoms with E-state index in [0.717, 1.165) is 12.0 Å². The molecule has 0 saturated carbocycles. The van der Waals surface area contributed by atoms with Gasteiger partial charge in [0, 0.05) is 23.6 Å². The molecule has 0 bridgehead atoms. The molecule has 1 aromatic heterocycles. The normalized spacial score (nSPS) is 10.4. The molecule has 0 amide bonds. The lowest BCUT2D eigenvalue weighted by molar-refractivity contribution is -0.568. The largest absolute Gasteiger partial charge is 1.00 e. The van der Waals surface area contributed by atoms with Crippen LogP contribution >= 0.6 is 0 Å². The van der Waals surface area contributed by atoms with Crippen molar-refractivity contribution in [3.8, 4) is 0 Å². The molecule has 2 nitrogen and oxygen atoms in total. The third-order valence-electron chi connectivity index (χ3n) is 3.66. The number of hydrogen-bond acceptors (Lipinski definition) is 1. The first kappa shape index (κ1) is 18.6. The second kappa shape index (κ2) is 8.90. The molecule has 2 aromatic carbocycles. The predicted octanol–water partition coefficient (Wildman–Crippen LogP) is 1.06. The first-order valence-corrected chi connectivity index (χ1v) is 7.72. The monoisotopic (exact) mass is 353 g/mol. The van der Waals surface area contributed by atoms with Crippen LogP contribution in [0.5, 0.6) is 0 Å². The molecular formula is C21H17ClFNO. The molecule has 0 aliphatic carbocycles. The summed E-state index contributed by atoms with van der Waals surface area (Å²) in [5.74, 6) is -0.505. The quantitative estimate of drug-likeness (QED) is 0.382. The van der Waals surface area contributed by atoms with E-state index in [9.17, 15) is 9.18 Å². The summed E-state index contributed by atoms with van der Waals surface area (Å²) >= 11 is 0. The summed E-state index contributed by atoms with van der Waals surface area (Å²) in [5.41, 5.74) is 2.86. The number of pyridine rings is 1. The number of carbonyl (C=O) groups excluding carboxylic acids is 1. The summed E-state index contributed by atoms with van der Waals surface area (Å²) in [6.45, 7) is 0. The van der Waals surface area contributed by atoms with Crippen LogP contribution < -0.4 is 17.0 Å². The molecule has 0 radical (unpaired) electrons. The Kier molecular flexibility index (Phi) is 6.61. The maximum Gasteiger partial charge on any atom is 0.191 e. The van der Waals surface area contributed by atoms with Crippen molar-refractivity contribution in [2.45, 2.75) is 6.42 Å². The van der Waals surface area contributed by atoms with Crippen LogP contribution in [-0.4, -0.2) is 5.78 Å². The highest BCUT2D eigenvalue weighted by Gasteiger charge is 2.05. The molecule has 0 fully saturated rings. The molecule has 3 aromatic rings. The van der Waals surface area contributed by atoms with E-state index in [1.165, 1.54) is 35.9 Å². The second-order valence-corrected chi connectivity index (χ2v) is 5.51. The Hall–Kier alpha value is -2.78. The van der Waals surface area contributed by atoms with Crippen molar-refractivity contribution in [1.29, 1.82) is 0 Å². The van der Waals surface area contributed by atoms with Crippen LogP contribution in [0, 0.1) is 5.82 Å². The fraction of sp³-hybridized carbons (Fsp3) is 0.0476. The minimum atomic E-state index is -0.349. The number of nitrogens with zero attached hydrogens (tertiary/aromatic N) is 1. The summed E-state index contributed by atoms with van der Waals surface area (Å²) < 4.78 is 14.7. The first-order chi connectivity index (χ1) is 11.7. The summed E-state index contributed by atoms with van der Waals surface area (Å²) in [5, 5.41) is 0. The van der Waals surface area contributed by atoms with Gasteiger partial charge in [0.25, 0.3) is 0 Å². The van der Waals surface area contributed by atoms with Gasteiger partial charge in [0.15, 0.2) is 24.4 Å². The zero-order valence-electron chi connectivity index (χ0n) is 13.5. The molecule has 1 heterocycles. The summed E-state index contributed by atoms with van der Waals surface area (Å²) in [6.07, 6.45) is 7.89.